The van der Waals surface area contributed by atoms with Crippen LogP contribution in [0.3, 0.4) is 0 Å². The number of nitrogens with zero attached hydrogens (tertiary/aromatic N) is 1. The highest BCUT2D eigenvalue weighted by Gasteiger charge is 2.23. The van der Waals surface area contributed by atoms with E-state index in [-0.39, 0.29) is 6.54 Å². The molecule has 0 bridgehead atoms. The first-order valence-electron chi connectivity index (χ1n) is 4.66. The van der Waals surface area contributed by atoms with Gasteiger partial charge in [-0.15, -0.1) is 0 Å². The van der Waals surface area contributed by atoms with Gasteiger partial charge in [0.1, 0.15) is 0 Å². The van der Waals surface area contributed by atoms with Crippen molar-refractivity contribution in [2.24, 2.45) is 0 Å². The van der Waals surface area contributed by atoms with Gasteiger partial charge in [-0.25, -0.2) is 0 Å². The molecule has 0 saturated carbocycles. The van der Waals surface area contributed by atoms with E-state index in [1.807, 2.05) is 0 Å². The zero-order valence-corrected chi connectivity index (χ0v) is 9.05. The molecular weight excluding hydrogens is 206 g/mol. The quantitative estimate of drug-likeness (QED) is 0.520. The average molecular weight is 223 g/mol. The lowest BCUT2D eigenvalue weighted by Gasteiger charge is -2.26. The van der Waals surface area contributed by atoms with Gasteiger partial charge in [-0.1, -0.05) is 0 Å². The van der Waals surface area contributed by atoms with Gasteiger partial charge in [0.25, 0.3) is 10.2 Å². The van der Waals surface area contributed by atoms with Gasteiger partial charge in [0.05, 0.1) is 6.10 Å². The Kier molecular flexibility index (Phi) is 4.27. The molecule has 1 saturated heterocycles. The SMILES string of the molecule is CC(O)CNS(=O)(=O)N1CCNCC1. The summed E-state index contributed by atoms with van der Waals surface area (Å²) in [5, 5.41) is 12.0. The number of aliphatic hydroxyl groups excluding tert-OH is 1. The van der Waals surface area contributed by atoms with Crippen molar-refractivity contribution in [3.05, 3.63) is 0 Å². The lowest BCUT2D eigenvalue weighted by atomic mass is 10.4. The smallest absolute Gasteiger partial charge is 0.279 e. The van der Waals surface area contributed by atoms with Crippen molar-refractivity contribution in [2.45, 2.75) is 13.0 Å². The molecule has 1 aliphatic heterocycles. The van der Waals surface area contributed by atoms with Crippen LogP contribution in [-0.4, -0.2) is 56.7 Å². The van der Waals surface area contributed by atoms with Gasteiger partial charge < -0.3 is 10.4 Å². The first-order chi connectivity index (χ1) is 6.52. The molecule has 0 radical (unpaired) electrons. The van der Waals surface area contributed by atoms with E-state index in [0.717, 1.165) is 0 Å². The van der Waals surface area contributed by atoms with Crippen molar-refractivity contribution in [3.63, 3.8) is 0 Å². The summed E-state index contributed by atoms with van der Waals surface area (Å²) in [6.45, 7) is 3.92. The Hall–Kier alpha value is -0.210. The van der Waals surface area contributed by atoms with E-state index in [4.69, 9.17) is 5.11 Å². The van der Waals surface area contributed by atoms with E-state index in [0.29, 0.717) is 26.2 Å². The molecule has 84 valence electrons. The topological polar surface area (TPSA) is 81.7 Å². The third-order valence-corrected chi connectivity index (χ3v) is 3.55. The summed E-state index contributed by atoms with van der Waals surface area (Å²) in [7, 11) is -3.40. The lowest BCUT2D eigenvalue weighted by Crippen LogP contribution is -2.51. The average Bonchev–Trinajstić information content (AvgIpc) is 2.16. The van der Waals surface area contributed by atoms with E-state index >= 15 is 0 Å². The summed E-state index contributed by atoms with van der Waals surface area (Å²) in [5.41, 5.74) is 0. The Morgan fingerprint density at radius 3 is 2.57 bits per heavy atom. The minimum atomic E-state index is -3.40. The maximum Gasteiger partial charge on any atom is 0.279 e. The number of piperazine rings is 1. The van der Waals surface area contributed by atoms with Crippen LogP contribution < -0.4 is 10.0 Å². The number of hydrogen-bond acceptors (Lipinski definition) is 4. The molecule has 0 aromatic rings. The summed E-state index contributed by atoms with van der Waals surface area (Å²) in [6.07, 6.45) is -0.660. The molecule has 3 N–H and O–H groups in total. The van der Waals surface area contributed by atoms with E-state index in [1.54, 1.807) is 6.92 Å². The third kappa shape index (κ3) is 3.50. The number of rotatable bonds is 4. The highest BCUT2D eigenvalue weighted by atomic mass is 32.2. The van der Waals surface area contributed by atoms with E-state index in [1.165, 1.54) is 4.31 Å². The summed E-state index contributed by atoms with van der Waals surface area (Å²) in [4.78, 5) is 0. The van der Waals surface area contributed by atoms with Crippen LogP contribution in [0.2, 0.25) is 0 Å². The Labute approximate surface area is 84.5 Å². The van der Waals surface area contributed by atoms with Gasteiger partial charge in [-0.3, -0.25) is 0 Å². The lowest BCUT2D eigenvalue weighted by molar-refractivity contribution is 0.197. The van der Waals surface area contributed by atoms with Crippen molar-refractivity contribution >= 4 is 10.2 Å². The van der Waals surface area contributed by atoms with Crippen LogP contribution in [0, 0.1) is 0 Å². The maximum absolute atomic E-state index is 11.6. The molecule has 1 atom stereocenters. The van der Waals surface area contributed by atoms with Crippen LogP contribution in [-0.2, 0) is 10.2 Å². The Morgan fingerprint density at radius 1 is 1.50 bits per heavy atom. The predicted octanol–water partition coefficient (Wildman–Crippen LogP) is -1.89. The monoisotopic (exact) mass is 223 g/mol. The second-order valence-corrected chi connectivity index (χ2v) is 5.11. The molecular formula is C7H17N3O3S. The molecule has 0 aromatic carbocycles. The highest BCUT2D eigenvalue weighted by Crippen LogP contribution is 1.99. The van der Waals surface area contributed by atoms with Crippen LogP contribution in [0.1, 0.15) is 6.92 Å². The van der Waals surface area contributed by atoms with E-state index < -0.39 is 16.3 Å². The fraction of sp³-hybridized carbons (Fsp3) is 1.00. The van der Waals surface area contributed by atoms with Gasteiger partial charge in [0, 0.05) is 32.7 Å². The molecule has 1 unspecified atom stereocenters. The minimum Gasteiger partial charge on any atom is -0.392 e. The number of nitrogens with one attached hydrogen (secondary N) is 2. The van der Waals surface area contributed by atoms with Crippen molar-refractivity contribution in [2.75, 3.05) is 32.7 Å². The van der Waals surface area contributed by atoms with Crippen LogP contribution in [0.5, 0.6) is 0 Å². The summed E-state index contributed by atoms with van der Waals surface area (Å²) in [5.74, 6) is 0. The molecule has 0 amide bonds. The van der Waals surface area contributed by atoms with Gasteiger partial charge in [-0.2, -0.15) is 17.4 Å². The van der Waals surface area contributed by atoms with Crippen LogP contribution in [0.15, 0.2) is 0 Å². The molecule has 0 aliphatic carbocycles. The molecule has 1 aliphatic rings. The zero-order valence-electron chi connectivity index (χ0n) is 8.23. The molecule has 14 heavy (non-hydrogen) atoms. The van der Waals surface area contributed by atoms with Gasteiger partial charge in [-0.05, 0) is 6.92 Å². The van der Waals surface area contributed by atoms with Gasteiger partial charge in [0.2, 0.25) is 0 Å². The Balaban J connectivity index is 2.46. The van der Waals surface area contributed by atoms with Crippen molar-refractivity contribution in [1.82, 2.24) is 14.3 Å². The van der Waals surface area contributed by atoms with Gasteiger partial charge in [0.15, 0.2) is 0 Å². The fourth-order valence-corrected chi connectivity index (χ4v) is 2.50. The molecule has 1 fully saturated rings. The highest BCUT2D eigenvalue weighted by molar-refractivity contribution is 7.87. The first kappa shape index (κ1) is 11.9. The second kappa shape index (κ2) is 5.04. The van der Waals surface area contributed by atoms with Crippen LogP contribution >= 0.6 is 0 Å². The van der Waals surface area contributed by atoms with E-state index in [2.05, 4.69) is 10.0 Å². The van der Waals surface area contributed by atoms with Crippen LogP contribution in [0.4, 0.5) is 0 Å². The Morgan fingerprint density at radius 2 is 2.07 bits per heavy atom. The Bertz CT molecular complexity index is 259. The summed E-state index contributed by atoms with van der Waals surface area (Å²) in [6, 6.07) is 0. The maximum atomic E-state index is 11.6. The summed E-state index contributed by atoms with van der Waals surface area (Å²) >= 11 is 0. The van der Waals surface area contributed by atoms with E-state index in [9.17, 15) is 8.42 Å². The predicted molar refractivity (Wildman–Crippen MR) is 53.0 cm³/mol. The second-order valence-electron chi connectivity index (χ2n) is 3.35. The van der Waals surface area contributed by atoms with Gasteiger partial charge >= 0.3 is 0 Å². The molecule has 0 aromatic heterocycles. The standard InChI is InChI=1S/C7H17N3O3S/c1-7(11)6-9-14(12,13)10-4-2-8-3-5-10/h7-9,11H,2-6H2,1H3. The van der Waals surface area contributed by atoms with Crippen molar-refractivity contribution in [3.8, 4) is 0 Å². The third-order valence-electron chi connectivity index (χ3n) is 1.98. The fourth-order valence-electron chi connectivity index (χ4n) is 1.20. The van der Waals surface area contributed by atoms with Crippen LogP contribution in [0.25, 0.3) is 0 Å². The number of aliphatic hydroxyl groups is 1. The molecule has 6 nitrogen and oxygen atoms in total. The largest absolute Gasteiger partial charge is 0.392 e. The molecule has 1 rings (SSSR count). The normalized spacial score (nSPS) is 22.1. The minimum absolute atomic E-state index is 0.0618. The number of hydrogen-bond donors (Lipinski definition) is 3. The summed E-state index contributed by atoms with van der Waals surface area (Å²) < 4.78 is 26.9. The van der Waals surface area contributed by atoms with Crippen molar-refractivity contribution < 1.29 is 13.5 Å². The molecule has 1 heterocycles. The van der Waals surface area contributed by atoms with Crippen molar-refractivity contribution in [1.29, 1.82) is 0 Å². The molecule has 7 heteroatoms. The zero-order chi connectivity index (χ0) is 10.6. The first-order valence-corrected chi connectivity index (χ1v) is 6.10. The molecule has 0 spiro atoms.